The molecule has 0 heterocycles. The number of hydrogen-bond donors (Lipinski definition) is 0. The largest absolute Gasteiger partial charge is 0.463 e. The van der Waals surface area contributed by atoms with Crippen molar-refractivity contribution >= 4 is 5.97 Å². The Bertz CT molecular complexity index is 260. The maximum absolute atomic E-state index is 10.5. The van der Waals surface area contributed by atoms with Gasteiger partial charge in [0.2, 0.25) is 0 Å². The van der Waals surface area contributed by atoms with Gasteiger partial charge in [0, 0.05) is 13.5 Å². The van der Waals surface area contributed by atoms with Crippen LogP contribution in [-0.4, -0.2) is 65.4 Å². The molecule has 0 bridgehead atoms. The van der Waals surface area contributed by atoms with Crippen molar-refractivity contribution in [2.24, 2.45) is 0 Å². The summed E-state index contributed by atoms with van der Waals surface area (Å²) in [4.78, 5) is 10.5. The molecule has 0 fully saturated rings. The summed E-state index contributed by atoms with van der Waals surface area (Å²) in [7, 11) is 0. The summed E-state index contributed by atoms with van der Waals surface area (Å²) in [5, 5.41) is 0. The first-order chi connectivity index (χ1) is 11.8. The maximum Gasteiger partial charge on any atom is 0.302 e. The van der Waals surface area contributed by atoms with Crippen LogP contribution < -0.4 is 0 Å². The van der Waals surface area contributed by atoms with E-state index in [1.807, 2.05) is 0 Å². The average Bonchev–Trinajstić information content (AvgIpc) is 2.56. The van der Waals surface area contributed by atoms with Crippen molar-refractivity contribution in [3.8, 4) is 0 Å². The summed E-state index contributed by atoms with van der Waals surface area (Å²) < 4.78 is 26.3. The molecule has 0 aliphatic heterocycles. The quantitative estimate of drug-likeness (QED) is 0.264. The molecule has 0 amide bonds. The fourth-order valence-corrected chi connectivity index (χ4v) is 1.99. The Hall–Kier alpha value is -0.690. The Morgan fingerprint density at radius 3 is 1.50 bits per heavy atom. The number of unbranched alkanes of at least 4 members (excludes halogenated alkanes) is 5. The second-order valence-electron chi connectivity index (χ2n) is 5.56. The standard InChI is InChI=1S/C18H36O6/c1-3-4-5-6-7-8-9-20-10-11-21-12-13-22-14-15-23-16-17-24-18(2)19/h3-17H2,1-2H3. The molecule has 0 aromatic rings. The highest BCUT2D eigenvalue weighted by Crippen LogP contribution is 2.04. The lowest BCUT2D eigenvalue weighted by Gasteiger charge is -2.07. The van der Waals surface area contributed by atoms with Crippen LogP contribution in [0.25, 0.3) is 0 Å². The van der Waals surface area contributed by atoms with Crippen molar-refractivity contribution < 1.29 is 28.5 Å². The van der Waals surface area contributed by atoms with Gasteiger partial charge >= 0.3 is 5.97 Å². The molecule has 0 aromatic heterocycles. The van der Waals surface area contributed by atoms with E-state index in [-0.39, 0.29) is 12.6 Å². The first kappa shape index (κ1) is 23.3. The normalized spacial score (nSPS) is 10.9. The van der Waals surface area contributed by atoms with Gasteiger partial charge in [-0.15, -0.1) is 0 Å². The summed E-state index contributed by atoms with van der Waals surface area (Å²) in [5.41, 5.74) is 0. The van der Waals surface area contributed by atoms with Crippen molar-refractivity contribution in [3.63, 3.8) is 0 Å². The van der Waals surface area contributed by atoms with Gasteiger partial charge in [0.05, 0.1) is 46.2 Å². The van der Waals surface area contributed by atoms with Crippen LogP contribution in [0, 0.1) is 0 Å². The SMILES string of the molecule is CCCCCCCCOCCOCCOCCOCCOC(C)=O. The van der Waals surface area contributed by atoms with Crippen molar-refractivity contribution in [2.75, 3.05) is 59.5 Å². The summed E-state index contributed by atoms with van der Waals surface area (Å²) in [5.74, 6) is -0.289. The lowest BCUT2D eigenvalue weighted by atomic mass is 10.1. The number of rotatable bonds is 19. The van der Waals surface area contributed by atoms with E-state index < -0.39 is 0 Å². The molecule has 144 valence electrons. The summed E-state index contributed by atoms with van der Waals surface area (Å²) in [6, 6.07) is 0. The highest BCUT2D eigenvalue weighted by atomic mass is 16.6. The predicted molar refractivity (Wildman–Crippen MR) is 93.3 cm³/mol. The average molecular weight is 348 g/mol. The van der Waals surface area contributed by atoms with Crippen molar-refractivity contribution in [3.05, 3.63) is 0 Å². The molecule has 0 aliphatic rings. The molecule has 0 aliphatic carbocycles. The van der Waals surface area contributed by atoms with Crippen LogP contribution in [-0.2, 0) is 28.5 Å². The Morgan fingerprint density at radius 2 is 1.00 bits per heavy atom. The van der Waals surface area contributed by atoms with E-state index in [1.54, 1.807) is 0 Å². The molecule has 0 saturated heterocycles. The topological polar surface area (TPSA) is 63.2 Å². The predicted octanol–water partition coefficient (Wildman–Crippen LogP) is 2.98. The Morgan fingerprint density at radius 1 is 0.583 bits per heavy atom. The molecule has 6 heteroatoms. The van der Waals surface area contributed by atoms with E-state index in [1.165, 1.54) is 39.0 Å². The van der Waals surface area contributed by atoms with Crippen molar-refractivity contribution in [1.29, 1.82) is 0 Å². The van der Waals surface area contributed by atoms with Gasteiger partial charge in [0.15, 0.2) is 0 Å². The minimum absolute atomic E-state index is 0.289. The third-order valence-electron chi connectivity index (χ3n) is 3.29. The van der Waals surface area contributed by atoms with Crippen LogP contribution in [0.1, 0.15) is 52.4 Å². The third-order valence-corrected chi connectivity index (χ3v) is 3.29. The van der Waals surface area contributed by atoms with Crippen molar-refractivity contribution in [2.45, 2.75) is 52.4 Å². The molecule has 6 nitrogen and oxygen atoms in total. The zero-order valence-electron chi connectivity index (χ0n) is 15.6. The number of esters is 1. The summed E-state index contributed by atoms with van der Waals surface area (Å²) in [6.45, 7) is 8.49. The van der Waals surface area contributed by atoms with Crippen LogP contribution in [0.5, 0.6) is 0 Å². The lowest BCUT2D eigenvalue weighted by Crippen LogP contribution is -2.13. The van der Waals surface area contributed by atoms with E-state index in [2.05, 4.69) is 6.92 Å². The molecule has 0 N–H and O–H groups in total. The zero-order valence-corrected chi connectivity index (χ0v) is 15.6. The second kappa shape index (κ2) is 20.4. The molecule has 0 rings (SSSR count). The number of hydrogen-bond acceptors (Lipinski definition) is 6. The first-order valence-electron chi connectivity index (χ1n) is 9.21. The van der Waals surface area contributed by atoms with Gasteiger partial charge in [-0.2, -0.15) is 0 Å². The molecule has 0 spiro atoms. The molecule has 24 heavy (non-hydrogen) atoms. The molecule has 0 saturated carbocycles. The van der Waals surface area contributed by atoms with Gasteiger partial charge in [-0.05, 0) is 6.42 Å². The van der Waals surface area contributed by atoms with Crippen LogP contribution in [0.3, 0.4) is 0 Å². The van der Waals surface area contributed by atoms with E-state index >= 15 is 0 Å². The van der Waals surface area contributed by atoms with Crippen LogP contribution >= 0.6 is 0 Å². The summed E-state index contributed by atoms with van der Waals surface area (Å²) in [6.07, 6.45) is 7.70. The van der Waals surface area contributed by atoms with E-state index in [9.17, 15) is 4.79 Å². The lowest BCUT2D eigenvalue weighted by molar-refractivity contribution is -0.142. The molecular weight excluding hydrogens is 312 g/mol. The molecule has 0 radical (unpaired) electrons. The van der Waals surface area contributed by atoms with Gasteiger partial charge < -0.3 is 23.7 Å². The fraction of sp³-hybridized carbons (Fsp3) is 0.944. The maximum atomic E-state index is 10.5. The van der Waals surface area contributed by atoms with Gasteiger partial charge in [0.1, 0.15) is 6.61 Å². The van der Waals surface area contributed by atoms with E-state index in [4.69, 9.17) is 23.7 Å². The fourth-order valence-electron chi connectivity index (χ4n) is 1.99. The van der Waals surface area contributed by atoms with Crippen molar-refractivity contribution in [1.82, 2.24) is 0 Å². The zero-order chi connectivity index (χ0) is 17.7. The van der Waals surface area contributed by atoms with E-state index in [0.29, 0.717) is 46.2 Å². The number of ether oxygens (including phenoxy) is 5. The van der Waals surface area contributed by atoms with Crippen LogP contribution in [0.2, 0.25) is 0 Å². The van der Waals surface area contributed by atoms with Gasteiger partial charge in [0.25, 0.3) is 0 Å². The highest BCUT2D eigenvalue weighted by Gasteiger charge is 1.95. The Balaban J connectivity index is 2.97. The molecular formula is C18H36O6. The number of carbonyl (C=O) groups excluding carboxylic acids is 1. The van der Waals surface area contributed by atoms with E-state index in [0.717, 1.165) is 13.0 Å². The molecule has 0 atom stereocenters. The highest BCUT2D eigenvalue weighted by molar-refractivity contribution is 5.65. The third kappa shape index (κ3) is 21.3. The summed E-state index contributed by atoms with van der Waals surface area (Å²) >= 11 is 0. The molecule has 0 unspecified atom stereocenters. The minimum atomic E-state index is -0.289. The second-order valence-corrected chi connectivity index (χ2v) is 5.56. The van der Waals surface area contributed by atoms with Crippen LogP contribution in [0.15, 0.2) is 0 Å². The Labute approximate surface area is 147 Å². The van der Waals surface area contributed by atoms with Gasteiger partial charge in [-0.3, -0.25) is 4.79 Å². The first-order valence-corrected chi connectivity index (χ1v) is 9.21. The minimum Gasteiger partial charge on any atom is -0.463 e. The van der Waals surface area contributed by atoms with Crippen LogP contribution in [0.4, 0.5) is 0 Å². The number of carbonyl (C=O) groups is 1. The van der Waals surface area contributed by atoms with Gasteiger partial charge in [-0.25, -0.2) is 0 Å². The van der Waals surface area contributed by atoms with Gasteiger partial charge in [-0.1, -0.05) is 39.0 Å². The monoisotopic (exact) mass is 348 g/mol. The Kier molecular flexibility index (Phi) is 19.8. The smallest absolute Gasteiger partial charge is 0.302 e. The molecule has 0 aromatic carbocycles.